The SMILES string of the molecule is CCN(Cc1cc(C)ccc1-c1cc(C(C)C(=O)O)cc(C(F)(F)F)c1)C(C)=O. The van der Waals surface area contributed by atoms with Crippen LogP contribution in [0.15, 0.2) is 36.4 Å². The van der Waals surface area contributed by atoms with E-state index in [-0.39, 0.29) is 23.6 Å². The Kier molecular flexibility index (Phi) is 6.72. The van der Waals surface area contributed by atoms with Gasteiger partial charge in [0.1, 0.15) is 0 Å². The summed E-state index contributed by atoms with van der Waals surface area (Å²) in [6.45, 7) is 7.20. The van der Waals surface area contributed by atoms with Gasteiger partial charge in [-0.3, -0.25) is 9.59 Å². The first-order chi connectivity index (χ1) is 13.4. The van der Waals surface area contributed by atoms with Crippen LogP contribution in [0.1, 0.15) is 48.9 Å². The van der Waals surface area contributed by atoms with Gasteiger partial charge in [-0.15, -0.1) is 0 Å². The summed E-state index contributed by atoms with van der Waals surface area (Å²) in [6, 6.07) is 8.71. The molecule has 0 aliphatic heterocycles. The minimum Gasteiger partial charge on any atom is -0.481 e. The Morgan fingerprint density at radius 1 is 1.14 bits per heavy atom. The fraction of sp³-hybridized carbons (Fsp3) is 0.364. The molecule has 4 nitrogen and oxygen atoms in total. The number of alkyl halides is 3. The highest BCUT2D eigenvalue weighted by Crippen LogP contribution is 2.36. The molecule has 1 N–H and O–H groups in total. The van der Waals surface area contributed by atoms with Crippen LogP contribution >= 0.6 is 0 Å². The average Bonchev–Trinajstić information content (AvgIpc) is 2.64. The van der Waals surface area contributed by atoms with Gasteiger partial charge in [0.25, 0.3) is 0 Å². The molecule has 2 rings (SSSR count). The first-order valence-corrected chi connectivity index (χ1v) is 9.24. The van der Waals surface area contributed by atoms with Crippen molar-refractivity contribution in [3.63, 3.8) is 0 Å². The van der Waals surface area contributed by atoms with Gasteiger partial charge < -0.3 is 10.0 Å². The maximum atomic E-state index is 13.5. The van der Waals surface area contributed by atoms with Gasteiger partial charge in [-0.2, -0.15) is 13.2 Å². The maximum absolute atomic E-state index is 13.5. The van der Waals surface area contributed by atoms with Gasteiger partial charge in [-0.1, -0.05) is 29.8 Å². The quantitative estimate of drug-likeness (QED) is 0.713. The Hall–Kier alpha value is -2.83. The lowest BCUT2D eigenvalue weighted by Gasteiger charge is -2.22. The lowest BCUT2D eigenvalue weighted by Crippen LogP contribution is -2.28. The van der Waals surface area contributed by atoms with E-state index in [0.29, 0.717) is 17.7 Å². The zero-order valence-electron chi connectivity index (χ0n) is 16.8. The highest BCUT2D eigenvalue weighted by molar-refractivity contribution is 5.78. The van der Waals surface area contributed by atoms with Crippen molar-refractivity contribution in [2.75, 3.05) is 6.54 Å². The molecule has 0 aliphatic rings. The first-order valence-electron chi connectivity index (χ1n) is 9.24. The van der Waals surface area contributed by atoms with Crippen molar-refractivity contribution in [1.82, 2.24) is 4.90 Å². The number of hydrogen-bond acceptors (Lipinski definition) is 2. The number of carbonyl (C=O) groups is 2. The van der Waals surface area contributed by atoms with Crippen molar-refractivity contribution < 1.29 is 27.9 Å². The summed E-state index contributed by atoms with van der Waals surface area (Å²) in [5.41, 5.74) is 1.61. The molecular formula is C22H24F3NO3. The van der Waals surface area contributed by atoms with Crippen LogP contribution in [0.3, 0.4) is 0 Å². The largest absolute Gasteiger partial charge is 0.481 e. The number of aliphatic carboxylic acids is 1. The number of carboxylic acid groups (broad SMARTS) is 1. The van der Waals surface area contributed by atoms with E-state index in [1.165, 1.54) is 19.9 Å². The van der Waals surface area contributed by atoms with Crippen LogP contribution in [-0.4, -0.2) is 28.4 Å². The Bertz CT molecular complexity index is 922. The lowest BCUT2D eigenvalue weighted by molar-refractivity contribution is -0.139. The maximum Gasteiger partial charge on any atom is 0.416 e. The molecule has 0 aliphatic carbocycles. The highest BCUT2D eigenvalue weighted by Gasteiger charge is 2.32. The number of nitrogens with zero attached hydrogens (tertiary/aromatic N) is 1. The van der Waals surface area contributed by atoms with E-state index in [4.69, 9.17) is 0 Å². The number of benzene rings is 2. The summed E-state index contributed by atoms with van der Waals surface area (Å²) < 4.78 is 40.4. The predicted molar refractivity (Wildman–Crippen MR) is 104 cm³/mol. The molecule has 2 aromatic rings. The van der Waals surface area contributed by atoms with Crippen LogP contribution in [0.5, 0.6) is 0 Å². The Labute approximate surface area is 168 Å². The highest BCUT2D eigenvalue weighted by atomic mass is 19.4. The number of aryl methyl sites for hydroxylation is 1. The summed E-state index contributed by atoms with van der Waals surface area (Å²) in [7, 11) is 0. The second-order valence-corrected chi connectivity index (χ2v) is 7.10. The van der Waals surface area contributed by atoms with Gasteiger partial charge in [-0.25, -0.2) is 0 Å². The van der Waals surface area contributed by atoms with Gasteiger partial charge in [0.15, 0.2) is 0 Å². The van der Waals surface area contributed by atoms with E-state index in [0.717, 1.165) is 17.7 Å². The topological polar surface area (TPSA) is 57.6 Å². The molecule has 0 radical (unpaired) electrons. The molecular weight excluding hydrogens is 383 g/mol. The van der Waals surface area contributed by atoms with Crippen molar-refractivity contribution in [2.45, 2.75) is 46.3 Å². The standard InChI is InChI=1S/C22H24F3NO3/c1-5-26(15(4)27)12-18-8-13(2)6-7-20(18)17-9-16(14(3)21(28)29)10-19(11-17)22(23,24)25/h6-11,14H,5,12H2,1-4H3,(H,28,29). The molecule has 0 fully saturated rings. The van der Waals surface area contributed by atoms with Crippen molar-refractivity contribution in [2.24, 2.45) is 0 Å². The first kappa shape index (κ1) is 22.5. The Morgan fingerprint density at radius 3 is 2.31 bits per heavy atom. The van der Waals surface area contributed by atoms with E-state index in [9.17, 15) is 27.9 Å². The Morgan fingerprint density at radius 2 is 1.79 bits per heavy atom. The molecule has 0 saturated heterocycles. The van der Waals surface area contributed by atoms with E-state index in [1.54, 1.807) is 17.0 Å². The van der Waals surface area contributed by atoms with Crippen LogP contribution in [0.25, 0.3) is 11.1 Å². The monoisotopic (exact) mass is 407 g/mol. The second-order valence-electron chi connectivity index (χ2n) is 7.10. The summed E-state index contributed by atoms with van der Waals surface area (Å²) >= 11 is 0. The minimum absolute atomic E-state index is 0.0766. The van der Waals surface area contributed by atoms with E-state index >= 15 is 0 Å². The summed E-state index contributed by atoms with van der Waals surface area (Å²) in [4.78, 5) is 24.8. The van der Waals surface area contributed by atoms with Crippen LogP contribution < -0.4 is 0 Å². The summed E-state index contributed by atoms with van der Waals surface area (Å²) in [5.74, 6) is -2.42. The zero-order chi connectivity index (χ0) is 21.9. The third kappa shape index (κ3) is 5.37. The number of rotatable bonds is 6. The summed E-state index contributed by atoms with van der Waals surface area (Å²) in [6.07, 6.45) is -4.61. The van der Waals surface area contributed by atoms with Crippen molar-refractivity contribution in [1.29, 1.82) is 0 Å². The molecule has 0 spiro atoms. The van der Waals surface area contributed by atoms with Gasteiger partial charge in [-0.05, 0) is 55.2 Å². The molecule has 2 aromatic carbocycles. The van der Waals surface area contributed by atoms with Gasteiger partial charge >= 0.3 is 12.1 Å². The van der Waals surface area contributed by atoms with E-state index in [2.05, 4.69) is 0 Å². The third-order valence-electron chi connectivity index (χ3n) is 4.91. The number of hydrogen-bond donors (Lipinski definition) is 1. The average molecular weight is 407 g/mol. The fourth-order valence-electron chi connectivity index (χ4n) is 3.15. The number of amides is 1. The van der Waals surface area contributed by atoms with Gasteiger partial charge in [0, 0.05) is 20.0 Å². The molecule has 0 heterocycles. The van der Waals surface area contributed by atoms with E-state index < -0.39 is 23.6 Å². The third-order valence-corrected chi connectivity index (χ3v) is 4.91. The molecule has 1 amide bonds. The number of halogens is 3. The van der Waals surface area contributed by atoms with Crippen LogP contribution in [0, 0.1) is 6.92 Å². The fourth-order valence-corrected chi connectivity index (χ4v) is 3.15. The molecule has 1 atom stereocenters. The lowest BCUT2D eigenvalue weighted by atomic mass is 9.91. The summed E-state index contributed by atoms with van der Waals surface area (Å²) in [5, 5.41) is 9.27. The zero-order valence-corrected chi connectivity index (χ0v) is 16.8. The van der Waals surface area contributed by atoms with Gasteiger partial charge in [0.2, 0.25) is 5.91 Å². The normalized spacial score (nSPS) is 12.5. The molecule has 1 unspecified atom stereocenters. The van der Waals surface area contributed by atoms with Crippen molar-refractivity contribution in [3.8, 4) is 11.1 Å². The molecule has 29 heavy (non-hydrogen) atoms. The Balaban J connectivity index is 2.68. The molecule has 0 saturated carbocycles. The molecule has 156 valence electrons. The van der Waals surface area contributed by atoms with Crippen molar-refractivity contribution in [3.05, 3.63) is 58.7 Å². The smallest absolute Gasteiger partial charge is 0.416 e. The van der Waals surface area contributed by atoms with Crippen LogP contribution in [0.4, 0.5) is 13.2 Å². The molecule has 7 heteroatoms. The minimum atomic E-state index is -4.61. The number of carboxylic acids is 1. The second kappa shape index (κ2) is 8.68. The molecule has 0 bridgehead atoms. The van der Waals surface area contributed by atoms with Crippen LogP contribution in [-0.2, 0) is 22.3 Å². The number of carbonyl (C=O) groups excluding carboxylic acids is 1. The molecule has 0 aromatic heterocycles. The van der Waals surface area contributed by atoms with Crippen molar-refractivity contribution >= 4 is 11.9 Å². The van der Waals surface area contributed by atoms with Gasteiger partial charge in [0.05, 0.1) is 11.5 Å². The van der Waals surface area contributed by atoms with E-state index in [1.807, 2.05) is 19.9 Å². The predicted octanol–water partition coefficient (Wildman–Crippen LogP) is 5.24. The van der Waals surface area contributed by atoms with Crippen LogP contribution in [0.2, 0.25) is 0 Å².